The largest absolute Gasteiger partial charge is 0.311 e. The Hall–Kier alpha value is -0.780. The Morgan fingerprint density at radius 3 is 3.00 bits per heavy atom. The summed E-state index contributed by atoms with van der Waals surface area (Å²) in [6.45, 7) is 3.92. The number of hydrogen-bond donors (Lipinski definition) is 1. The molecule has 0 aliphatic carbocycles. The summed E-state index contributed by atoms with van der Waals surface area (Å²) < 4.78 is 0. The monoisotopic (exact) mass is 239 g/mol. The van der Waals surface area contributed by atoms with Gasteiger partial charge in [-0.05, 0) is 6.92 Å². The summed E-state index contributed by atoms with van der Waals surface area (Å²) in [5.74, 6) is 0. The molecule has 15 heavy (non-hydrogen) atoms. The predicted molar refractivity (Wildman–Crippen MR) is 64.4 cm³/mol. The maximum absolute atomic E-state index is 4.23. The normalized spacial score (nSPS) is 10.7. The standard InChI is InChI=1S/C10H13N3S2/c1-8-12-5-10(15-8)4-11-3-2-9-6-14-7-13-9/h5-7,11H,2-4H2,1H3. The third-order valence-corrected chi connectivity index (χ3v) is 3.56. The first-order chi connectivity index (χ1) is 7.34. The zero-order valence-electron chi connectivity index (χ0n) is 8.56. The minimum atomic E-state index is 0.912. The van der Waals surface area contributed by atoms with Gasteiger partial charge in [0.15, 0.2) is 0 Å². The number of aromatic nitrogens is 2. The van der Waals surface area contributed by atoms with Crippen LogP contribution in [0.15, 0.2) is 17.1 Å². The van der Waals surface area contributed by atoms with E-state index in [0.717, 1.165) is 24.5 Å². The van der Waals surface area contributed by atoms with Crippen LogP contribution in [0, 0.1) is 6.92 Å². The lowest BCUT2D eigenvalue weighted by Gasteiger charge is -2.00. The first-order valence-electron chi connectivity index (χ1n) is 4.83. The highest BCUT2D eigenvalue weighted by molar-refractivity contribution is 7.11. The van der Waals surface area contributed by atoms with Gasteiger partial charge in [-0.15, -0.1) is 22.7 Å². The van der Waals surface area contributed by atoms with Crippen LogP contribution in [0.3, 0.4) is 0 Å². The average molecular weight is 239 g/mol. The van der Waals surface area contributed by atoms with Crippen LogP contribution >= 0.6 is 22.7 Å². The fraction of sp³-hybridized carbons (Fsp3) is 0.400. The van der Waals surface area contributed by atoms with Gasteiger partial charge in [-0.3, -0.25) is 0 Å². The molecule has 0 atom stereocenters. The Labute approximate surface area is 97.2 Å². The van der Waals surface area contributed by atoms with Gasteiger partial charge in [-0.25, -0.2) is 9.97 Å². The fourth-order valence-electron chi connectivity index (χ4n) is 1.28. The van der Waals surface area contributed by atoms with E-state index in [1.807, 2.05) is 18.6 Å². The molecule has 0 aliphatic heterocycles. The number of aryl methyl sites for hydroxylation is 1. The number of thiazole rings is 2. The van der Waals surface area contributed by atoms with E-state index >= 15 is 0 Å². The molecule has 0 fully saturated rings. The third kappa shape index (κ3) is 3.37. The van der Waals surface area contributed by atoms with E-state index in [-0.39, 0.29) is 0 Å². The summed E-state index contributed by atoms with van der Waals surface area (Å²) in [5, 5.41) is 6.61. The van der Waals surface area contributed by atoms with Crippen molar-refractivity contribution < 1.29 is 0 Å². The van der Waals surface area contributed by atoms with E-state index in [1.54, 1.807) is 22.7 Å². The summed E-state index contributed by atoms with van der Waals surface area (Å²) in [4.78, 5) is 9.74. The highest BCUT2D eigenvalue weighted by Gasteiger charge is 1.98. The second kappa shape index (κ2) is 5.34. The van der Waals surface area contributed by atoms with Gasteiger partial charge in [-0.1, -0.05) is 0 Å². The molecule has 0 spiro atoms. The molecule has 80 valence electrons. The van der Waals surface area contributed by atoms with Crippen LogP contribution in [0.4, 0.5) is 0 Å². The molecule has 3 nitrogen and oxygen atoms in total. The van der Waals surface area contributed by atoms with Crippen molar-refractivity contribution in [3.63, 3.8) is 0 Å². The lowest BCUT2D eigenvalue weighted by molar-refractivity contribution is 0.687. The smallest absolute Gasteiger partial charge is 0.0897 e. The Bertz CT molecular complexity index is 394. The molecule has 0 saturated carbocycles. The molecular weight excluding hydrogens is 226 g/mol. The van der Waals surface area contributed by atoms with Crippen molar-refractivity contribution in [2.75, 3.05) is 6.54 Å². The number of hydrogen-bond acceptors (Lipinski definition) is 5. The van der Waals surface area contributed by atoms with Crippen LogP contribution in [-0.2, 0) is 13.0 Å². The summed E-state index contributed by atoms with van der Waals surface area (Å²) >= 11 is 3.40. The molecule has 0 bridgehead atoms. The molecular formula is C10H13N3S2. The molecule has 2 rings (SSSR count). The molecule has 2 heterocycles. The first kappa shape index (κ1) is 10.7. The Morgan fingerprint density at radius 2 is 2.33 bits per heavy atom. The number of rotatable bonds is 5. The van der Waals surface area contributed by atoms with Gasteiger partial charge < -0.3 is 5.32 Å². The minimum Gasteiger partial charge on any atom is -0.311 e. The quantitative estimate of drug-likeness (QED) is 0.813. The molecule has 0 unspecified atom stereocenters. The number of nitrogens with one attached hydrogen (secondary N) is 1. The molecule has 0 aromatic carbocycles. The second-order valence-electron chi connectivity index (χ2n) is 3.25. The Kier molecular flexibility index (Phi) is 3.82. The summed E-state index contributed by atoms with van der Waals surface area (Å²) in [5.41, 5.74) is 3.05. The van der Waals surface area contributed by atoms with Crippen LogP contribution in [0.5, 0.6) is 0 Å². The molecule has 0 amide bonds. The summed E-state index contributed by atoms with van der Waals surface area (Å²) in [7, 11) is 0. The van der Waals surface area contributed by atoms with Crippen LogP contribution in [0.1, 0.15) is 15.6 Å². The highest BCUT2D eigenvalue weighted by atomic mass is 32.1. The molecule has 2 aromatic heterocycles. The van der Waals surface area contributed by atoms with Crippen molar-refractivity contribution in [1.29, 1.82) is 0 Å². The topological polar surface area (TPSA) is 37.8 Å². The highest BCUT2D eigenvalue weighted by Crippen LogP contribution is 2.10. The fourth-order valence-corrected chi connectivity index (χ4v) is 2.63. The predicted octanol–water partition coefficient (Wildman–Crippen LogP) is 2.24. The van der Waals surface area contributed by atoms with Crippen LogP contribution in [0.25, 0.3) is 0 Å². The second-order valence-corrected chi connectivity index (χ2v) is 5.29. The lowest BCUT2D eigenvalue weighted by Crippen LogP contribution is -2.16. The first-order valence-corrected chi connectivity index (χ1v) is 6.59. The van der Waals surface area contributed by atoms with E-state index in [0.29, 0.717) is 0 Å². The van der Waals surface area contributed by atoms with Crippen molar-refractivity contribution in [3.05, 3.63) is 32.7 Å². The molecule has 0 aliphatic rings. The summed E-state index contributed by atoms with van der Waals surface area (Å²) in [6.07, 6.45) is 2.94. The van der Waals surface area contributed by atoms with Crippen molar-refractivity contribution in [2.24, 2.45) is 0 Å². The van der Waals surface area contributed by atoms with Gasteiger partial charge in [-0.2, -0.15) is 0 Å². The van der Waals surface area contributed by atoms with Crippen LogP contribution in [-0.4, -0.2) is 16.5 Å². The average Bonchev–Trinajstić information content (AvgIpc) is 2.84. The molecule has 1 N–H and O–H groups in total. The van der Waals surface area contributed by atoms with Crippen LogP contribution in [0.2, 0.25) is 0 Å². The molecule has 0 saturated heterocycles. The third-order valence-electron chi connectivity index (χ3n) is 2.01. The van der Waals surface area contributed by atoms with Crippen molar-refractivity contribution in [3.8, 4) is 0 Å². The van der Waals surface area contributed by atoms with E-state index in [2.05, 4.69) is 20.7 Å². The van der Waals surface area contributed by atoms with Crippen molar-refractivity contribution in [1.82, 2.24) is 15.3 Å². The SMILES string of the molecule is Cc1ncc(CNCCc2cscn2)s1. The maximum Gasteiger partial charge on any atom is 0.0897 e. The van der Waals surface area contributed by atoms with E-state index in [1.165, 1.54) is 10.6 Å². The Balaban J connectivity index is 1.67. The van der Waals surface area contributed by atoms with Gasteiger partial charge in [0.1, 0.15) is 0 Å². The minimum absolute atomic E-state index is 0.912. The number of nitrogens with zero attached hydrogens (tertiary/aromatic N) is 2. The van der Waals surface area contributed by atoms with Gasteiger partial charge in [0.25, 0.3) is 0 Å². The molecule has 2 aromatic rings. The van der Waals surface area contributed by atoms with E-state index < -0.39 is 0 Å². The van der Waals surface area contributed by atoms with Crippen molar-refractivity contribution >= 4 is 22.7 Å². The van der Waals surface area contributed by atoms with E-state index in [4.69, 9.17) is 0 Å². The van der Waals surface area contributed by atoms with Crippen LogP contribution < -0.4 is 5.32 Å². The summed E-state index contributed by atoms with van der Waals surface area (Å²) in [6, 6.07) is 0. The molecule has 0 radical (unpaired) electrons. The van der Waals surface area contributed by atoms with Gasteiger partial charge in [0.05, 0.1) is 16.2 Å². The van der Waals surface area contributed by atoms with Gasteiger partial charge in [0, 0.05) is 36.0 Å². The van der Waals surface area contributed by atoms with Gasteiger partial charge >= 0.3 is 0 Å². The molecule has 5 heteroatoms. The Morgan fingerprint density at radius 1 is 1.40 bits per heavy atom. The van der Waals surface area contributed by atoms with Gasteiger partial charge in [0.2, 0.25) is 0 Å². The van der Waals surface area contributed by atoms with E-state index in [9.17, 15) is 0 Å². The lowest BCUT2D eigenvalue weighted by atomic mass is 10.3. The van der Waals surface area contributed by atoms with Crippen molar-refractivity contribution in [2.45, 2.75) is 19.9 Å². The zero-order chi connectivity index (χ0) is 10.5. The zero-order valence-corrected chi connectivity index (χ0v) is 10.2. The maximum atomic E-state index is 4.23.